The zero-order chi connectivity index (χ0) is 43.2. The molecule has 300 valence electrons. The van der Waals surface area contributed by atoms with Gasteiger partial charge in [0.1, 0.15) is 46.8 Å². The summed E-state index contributed by atoms with van der Waals surface area (Å²) in [4.78, 5) is 33.1. The van der Waals surface area contributed by atoms with E-state index < -0.39 is 5.92 Å². The fourth-order valence-electron chi connectivity index (χ4n) is 5.81. The fourth-order valence-corrected chi connectivity index (χ4v) is 7.05. The molecule has 1 aliphatic heterocycles. The molecular formula is C42H34Br2N6O9. The van der Waals surface area contributed by atoms with Crippen LogP contribution in [0.2, 0.25) is 0 Å². The van der Waals surface area contributed by atoms with Gasteiger partial charge >= 0.3 is 0 Å². The maximum atomic E-state index is 13.0. The fraction of sp³-hybridized carbons (Fsp3) is 0.143. The summed E-state index contributed by atoms with van der Waals surface area (Å²) in [6, 6.07) is 24.2. The van der Waals surface area contributed by atoms with Crippen molar-refractivity contribution in [1.82, 2.24) is 9.97 Å². The molecule has 3 heterocycles. The third-order valence-corrected chi connectivity index (χ3v) is 9.46. The van der Waals surface area contributed by atoms with Gasteiger partial charge in [0.25, 0.3) is 12.1 Å². The molecule has 59 heavy (non-hydrogen) atoms. The molecule has 0 saturated carbocycles. The zero-order valence-electron chi connectivity index (χ0n) is 31.7. The Labute approximate surface area is 354 Å². The summed E-state index contributed by atoms with van der Waals surface area (Å²) in [5.41, 5.74) is 8.52. The van der Waals surface area contributed by atoms with Crippen molar-refractivity contribution in [1.29, 1.82) is 10.5 Å². The predicted molar refractivity (Wildman–Crippen MR) is 226 cm³/mol. The molecule has 1 atom stereocenters. The molecule has 17 heteroatoms. The molecule has 15 nitrogen and oxygen atoms in total. The average molecular weight is 927 g/mol. The van der Waals surface area contributed by atoms with E-state index in [1.165, 1.54) is 27.4 Å². The van der Waals surface area contributed by atoms with Crippen LogP contribution >= 0.6 is 31.9 Å². The van der Waals surface area contributed by atoms with E-state index in [1.807, 2.05) is 18.2 Å². The maximum Gasteiger partial charge on any atom is 0.298 e. The van der Waals surface area contributed by atoms with Crippen molar-refractivity contribution in [3.63, 3.8) is 0 Å². The number of aromatic amines is 1. The monoisotopic (exact) mass is 924 g/mol. The summed E-state index contributed by atoms with van der Waals surface area (Å²) in [6.07, 6.45) is 2.35. The van der Waals surface area contributed by atoms with Crippen LogP contribution in [0.3, 0.4) is 0 Å². The van der Waals surface area contributed by atoms with Gasteiger partial charge in [0.05, 0.1) is 54.4 Å². The number of aromatic nitrogens is 2. The number of nitriles is 2. The first kappa shape index (κ1) is 44.5. The Balaban J connectivity index is 0.000000211. The maximum absolute atomic E-state index is 13.0. The molecule has 1 aliphatic rings. The number of hydrogen-bond donors (Lipinski definition) is 4. The predicted octanol–water partition coefficient (Wildman–Crippen LogP) is 7.88. The molecule has 0 saturated heterocycles. The number of methoxy groups -OCH3 is 4. The number of benzene rings is 4. The molecule has 5 N–H and O–H groups in total. The molecule has 0 radical (unpaired) electrons. The molecule has 2 aromatic heterocycles. The molecule has 0 amide bonds. The topological polar surface area (TPSA) is 227 Å². The number of H-pyrrole nitrogens is 1. The number of para-hydroxylation sites is 1. The number of nitrogens with one attached hydrogen (secondary N) is 1. The van der Waals surface area contributed by atoms with Gasteiger partial charge in [-0.05, 0) is 86.0 Å². The van der Waals surface area contributed by atoms with E-state index in [2.05, 4.69) is 52.7 Å². The molecule has 1 unspecified atom stereocenters. The number of rotatable bonds is 6. The molecule has 7 rings (SSSR count). The van der Waals surface area contributed by atoms with Crippen LogP contribution in [0.5, 0.6) is 40.2 Å². The van der Waals surface area contributed by atoms with E-state index in [-0.39, 0.29) is 35.1 Å². The van der Waals surface area contributed by atoms with Crippen LogP contribution in [-0.2, 0) is 0 Å². The van der Waals surface area contributed by atoms with Gasteiger partial charge in [0.2, 0.25) is 5.88 Å². The number of phenols is 2. The van der Waals surface area contributed by atoms with Gasteiger partial charge < -0.3 is 49.5 Å². The minimum atomic E-state index is -0.729. The third kappa shape index (κ3) is 10.2. The minimum absolute atomic E-state index is 0.00519. The van der Waals surface area contributed by atoms with Crippen LogP contribution in [0, 0.1) is 29.2 Å². The Hall–Kier alpha value is -7.26. The average Bonchev–Trinajstić information content (AvgIpc) is 3.23. The highest BCUT2D eigenvalue weighted by molar-refractivity contribution is 9.11. The van der Waals surface area contributed by atoms with E-state index in [9.17, 15) is 20.0 Å². The van der Waals surface area contributed by atoms with Crippen LogP contribution in [-0.4, -0.2) is 61.5 Å². The number of aldehydes is 1. The number of pyridine rings is 2. The van der Waals surface area contributed by atoms with Crippen LogP contribution in [0.25, 0.3) is 26.7 Å². The molecular weight excluding hydrogens is 892 g/mol. The highest BCUT2D eigenvalue weighted by Gasteiger charge is 2.35. The SMILES string of the molecule is COc1cc(C2C(C#N)=C(N)Oc3c2c(=O)[nH]c2ccccc32)cc(Br)c1OC.COc1cc(C=O)cc(Br)c1OC.Oc1cc(O)c2ncccc2c1.[C-]#[N+]CC#N. The molecule has 0 aliphatic carbocycles. The lowest BCUT2D eigenvalue weighted by Gasteiger charge is -2.27. The number of nitrogens with two attached hydrogens (primary N) is 1. The Bertz CT molecular complexity index is 2720. The van der Waals surface area contributed by atoms with Crippen molar-refractivity contribution in [2.75, 3.05) is 35.0 Å². The third-order valence-electron chi connectivity index (χ3n) is 8.28. The van der Waals surface area contributed by atoms with Gasteiger partial charge in [-0.2, -0.15) is 10.5 Å². The first-order chi connectivity index (χ1) is 28.4. The Morgan fingerprint density at radius 2 is 1.61 bits per heavy atom. The number of fused-ring (bicyclic) bond motifs is 4. The van der Waals surface area contributed by atoms with Crippen molar-refractivity contribution in [3.8, 4) is 52.4 Å². The number of ether oxygens (including phenoxy) is 5. The lowest BCUT2D eigenvalue weighted by Crippen LogP contribution is -2.28. The molecule has 6 aromatic rings. The van der Waals surface area contributed by atoms with Crippen LogP contribution in [0.15, 0.2) is 104 Å². The number of allylic oxidation sites excluding steroid dienone is 1. The zero-order valence-corrected chi connectivity index (χ0v) is 34.9. The Kier molecular flexibility index (Phi) is 15.7. The normalized spacial score (nSPS) is 12.2. The first-order valence-corrected chi connectivity index (χ1v) is 18.5. The van der Waals surface area contributed by atoms with E-state index >= 15 is 0 Å². The number of halogens is 2. The highest BCUT2D eigenvalue weighted by atomic mass is 79.9. The van der Waals surface area contributed by atoms with Crippen molar-refractivity contribution in [2.24, 2.45) is 5.73 Å². The van der Waals surface area contributed by atoms with Crippen LogP contribution < -0.4 is 35.0 Å². The van der Waals surface area contributed by atoms with Crippen molar-refractivity contribution >= 4 is 60.0 Å². The molecule has 0 spiro atoms. The van der Waals surface area contributed by atoms with Crippen LogP contribution in [0.4, 0.5) is 0 Å². The Morgan fingerprint density at radius 3 is 2.20 bits per heavy atom. The summed E-state index contributed by atoms with van der Waals surface area (Å²) in [7, 11) is 6.12. The second-order valence-electron chi connectivity index (χ2n) is 11.8. The summed E-state index contributed by atoms with van der Waals surface area (Å²) in [5, 5.41) is 37.3. The van der Waals surface area contributed by atoms with Crippen molar-refractivity contribution in [3.05, 3.63) is 138 Å². The van der Waals surface area contributed by atoms with E-state index in [0.29, 0.717) is 70.8 Å². The van der Waals surface area contributed by atoms with Gasteiger partial charge in [0, 0.05) is 28.6 Å². The standard InChI is InChI=1S/C21H16BrN3O4.C9H9BrO3.C9H7NO2.C3H2N2/c1-27-15-8-10(7-13(22)19(15)28-2)16-12(9-23)20(24)29-18-11-5-3-4-6-14(11)25-21(26)17(16)18;1-12-8-4-6(5-11)3-7(10)9(8)13-2;11-7-4-6-2-1-3-10-9(6)8(12)5-7;1-5-3-2-4/h3-8,16H,24H2,1-2H3,(H,25,26);3-5H,1-2H3;1-5,11-12H;3H2. The molecule has 0 fully saturated rings. The second kappa shape index (κ2) is 20.8. The largest absolute Gasteiger partial charge is 0.508 e. The van der Waals surface area contributed by atoms with Crippen molar-refractivity contribution < 1.29 is 38.7 Å². The summed E-state index contributed by atoms with van der Waals surface area (Å²) >= 11 is 6.74. The number of nitrogens with zero attached hydrogens (tertiary/aromatic N) is 4. The smallest absolute Gasteiger partial charge is 0.298 e. The van der Waals surface area contributed by atoms with Crippen molar-refractivity contribution in [2.45, 2.75) is 5.92 Å². The van der Waals surface area contributed by atoms with E-state index in [1.54, 1.807) is 67.9 Å². The number of carbonyl (C=O) groups is 1. The number of hydrogen-bond acceptors (Lipinski definition) is 13. The quantitative estimate of drug-likeness (QED) is 0.0709. The summed E-state index contributed by atoms with van der Waals surface area (Å²) in [5.74, 6) is 1.73. The molecule has 0 bridgehead atoms. The van der Waals surface area contributed by atoms with E-state index in [0.717, 1.165) is 11.7 Å². The number of aromatic hydroxyl groups is 2. The van der Waals surface area contributed by atoms with E-state index in [4.69, 9.17) is 46.4 Å². The Morgan fingerprint density at radius 1 is 0.949 bits per heavy atom. The minimum Gasteiger partial charge on any atom is -0.508 e. The van der Waals surface area contributed by atoms with Gasteiger partial charge in [-0.1, -0.05) is 18.2 Å². The summed E-state index contributed by atoms with van der Waals surface area (Å²) < 4.78 is 28.0. The van der Waals surface area contributed by atoms with Gasteiger partial charge in [-0.3, -0.25) is 14.6 Å². The number of carbonyl (C=O) groups excluding carboxylic acids is 1. The summed E-state index contributed by atoms with van der Waals surface area (Å²) in [6.45, 7) is 5.99. The second-order valence-corrected chi connectivity index (χ2v) is 13.5. The lowest BCUT2D eigenvalue weighted by atomic mass is 9.83. The first-order valence-electron chi connectivity index (χ1n) is 16.9. The van der Waals surface area contributed by atoms with Gasteiger partial charge in [-0.15, -0.1) is 0 Å². The number of phenolic OH excluding ortho intramolecular Hbond substituents is 2. The molecule has 4 aromatic carbocycles. The lowest BCUT2D eigenvalue weighted by molar-refractivity contribution is 0.112. The van der Waals surface area contributed by atoms with Crippen LogP contribution in [0.1, 0.15) is 27.4 Å². The highest BCUT2D eigenvalue weighted by Crippen LogP contribution is 2.46. The van der Waals surface area contributed by atoms with Gasteiger partial charge in [-0.25, -0.2) is 6.57 Å². The van der Waals surface area contributed by atoms with Gasteiger partial charge in [0.15, 0.2) is 23.0 Å².